The van der Waals surface area contributed by atoms with Gasteiger partial charge in [-0.2, -0.15) is 0 Å². The summed E-state index contributed by atoms with van der Waals surface area (Å²) in [5.74, 6) is 0.771. The van der Waals surface area contributed by atoms with E-state index in [0.29, 0.717) is 0 Å². The van der Waals surface area contributed by atoms with Crippen molar-refractivity contribution < 1.29 is 0 Å². The number of nitrogens with one attached hydrogen (secondary N) is 2. The van der Waals surface area contributed by atoms with Crippen molar-refractivity contribution in [3.8, 4) is 0 Å². The summed E-state index contributed by atoms with van der Waals surface area (Å²) in [6.45, 7) is 0.808. The Labute approximate surface area is 108 Å². The third kappa shape index (κ3) is 2.28. The minimum absolute atomic E-state index is 0.737. The highest BCUT2D eigenvalue weighted by atomic mass is 32.1. The van der Waals surface area contributed by atoms with Crippen LogP contribution in [0.5, 0.6) is 0 Å². The molecule has 0 unspecified atom stereocenters. The number of hydrogen-bond acceptors (Lipinski definition) is 5. The smallest absolute Gasteiger partial charge is 0.201 e. The van der Waals surface area contributed by atoms with Gasteiger partial charge in [0.05, 0.1) is 16.0 Å². The lowest BCUT2D eigenvalue weighted by atomic mass is 10.3. The maximum Gasteiger partial charge on any atom is 0.201 e. The quantitative estimate of drug-likeness (QED) is 0.628. The molecule has 0 radical (unpaired) electrons. The van der Waals surface area contributed by atoms with E-state index in [4.69, 9.17) is 5.73 Å². The lowest BCUT2D eigenvalue weighted by Gasteiger charge is -1.99. The molecule has 0 bridgehead atoms. The number of imidazole rings is 1. The third-order valence-electron chi connectivity index (χ3n) is 2.62. The normalized spacial score (nSPS) is 10.9. The van der Waals surface area contributed by atoms with Gasteiger partial charge >= 0.3 is 0 Å². The molecule has 0 fully saturated rings. The summed E-state index contributed by atoms with van der Waals surface area (Å²) in [4.78, 5) is 11.9. The molecule has 0 amide bonds. The van der Waals surface area contributed by atoms with Crippen LogP contribution in [-0.2, 0) is 6.42 Å². The van der Waals surface area contributed by atoms with Gasteiger partial charge in [0.1, 0.15) is 0 Å². The summed E-state index contributed by atoms with van der Waals surface area (Å²) in [5.41, 5.74) is 8.33. The van der Waals surface area contributed by atoms with Crippen LogP contribution in [0.2, 0.25) is 0 Å². The number of rotatable bonds is 4. The van der Waals surface area contributed by atoms with Gasteiger partial charge in [-0.3, -0.25) is 0 Å². The number of nitrogens with zero attached hydrogens (tertiary/aromatic N) is 2. The molecule has 0 saturated carbocycles. The molecule has 1 aromatic carbocycles. The number of fused-ring (bicyclic) bond motifs is 1. The Kier molecular flexibility index (Phi) is 2.85. The largest absolute Gasteiger partial charge is 0.399 e. The first-order valence-electron chi connectivity index (χ1n) is 5.69. The fraction of sp³-hybridized carbons (Fsp3) is 0.167. The second-order valence-electron chi connectivity index (χ2n) is 3.96. The Morgan fingerprint density at radius 2 is 2.33 bits per heavy atom. The molecule has 92 valence electrons. The lowest BCUT2D eigenvalue weighted by Crippen LogP contribution is -2.05. The van der Waals surface area contributed by atoms with E-state index in [1.54, 1.807) is 11.3 Å². The van der Waals surface area contributed by atoms with E-state index in [0.717, 1.165) is 40.6 Å². The van der Waals surface area contributed by atoms with E-state index < -0.39 is 0 Å². The minimum Gasteiger partial charge on any atom is -0.399 e. The average Bonchev–Trinajstić information content (AvgIpc) is 2.97. The standard InChI is InChI=1S/C12H13N5S/c13-8-1-2-9-10(7-8)17-12(16-9)15-4-3-11-14-5-6-18-11/h1-2,5-7H,3-4,13H2,(H2,15,16,17). The molecule has 3 rings (SSSR count). The van der Waals surface area contributed by atoms with Crippen molar-refractivity contribution in [1.29, 1.82) is 0 Å². The van der Waals surface area contributed by atoms with Crippen molar-refractivity contribution in [2.75, 3.05) is 17.6 Å². The SMILES string of the molecule is Nc1ccc2nc(NCCc3nccs3)[nH]c2c1. The number of thiazole rings is 1. The number of hydrogen-bond donors (Lipinski definition) is 3. The van der Waals surface area contributed by atoms with Crippen LogP contribution < -0.4 is 11.1 Å². The van der Waals surface area contributed by atoms with Crippen LogP contribution in [0.25, 0.3) is 11.0 Å². The molecule has 4 N–H and O–H groups in total. The van der Waals surface area contributed by atoms with Gasteiger partial charge in [-0.05, 0) is 18.2 Å². The van der Waals surface area contributed by atoms with Gasteiger partial charge in [-0.15, -0.1) is 11.3 Å². The number of nitrogens with two attached hydrogens (primary N) is 1. The molecule has 5 nitrogen and oxygen atoms in total. The summed E-state index contributed by atoms with van der Waals surface area (Å²) in [6, 6.07) is 5.64. The summed E-state index contributed by atoms with van der Waals surface area (Å²) in [7, 11) is 0. The van der Waals surface area contributed by atoms with Crippen LogP contribution in [0.15, 0.2) is 29.8 Å². The lowest BCUT2D eigenvalue weighted by molar-refractivity contribution is 0.982. The molecule has 0 aliphatic heterocycles. The maximum atomic E-state index is 5.72. The van der Waals surface area contributed by atoms with Crippen LogP contribution in [-0.4, -0.2) is 21.5 Å². The van der Waals surface area contributed by atoms with Gasteiger partial charge in [-0.25, -0.2) is 9.97 Å². The molecule has 3 aromatic rings. The van der Waals surface area contributed by atoms with Gasteiger partial charge in [-0.1, -0.05) is 0 Å². The highest BCUT2D eigenvalue weighted by Crippen LogP contribution is 2.17. The van der Waals surface area contributed by atoms with Crippen molar-refractivity contribution in [3.63, 3.8) is 0 Å². The number of nitrogen functional groups attached to an aromatic ring is 1. The predicted octanol–water partition coefficient (Wildman–Crippen LogP) is 2.26. The van der Waals surface area contributed by atoms with Gasteiger partial charge in [0.2, 0.25) is 5.95 Å². The second kappa shape index (κ2) is 4.66. The Bertz CT molecular complexity index is 644. The van der Waals surface area contributed by atoms with Crippen LogP contribution >= 0.6 is 11.3 Å². The number of H-pyrrole nitrogens is 1. The molecule has 0 spiro atoms. The van der Waals surface area contributed by atoms with Crippen LogP contribution in [0.1, 0.15) is 5.01 Å². The fourth-order valence-electron chi connectivity index (χ4n) is 1.78. The Hall–Kier alpha value is -2.08. The summed E-state index contributed by atoms with van der Waals surface area (Å²) < 4.78 is 0. The van der Waals surface area contributed by atoms with Gasteiger partial charge in [0.15, 0.2) is 0 Å². The van der Waals surface area contributed by atoms with E-state index in [1.807, 2.05) is 29.8 Å². The molecule has 2 heterocycles. The van der Waals surface area contributed by atoms with Crippen LogP contribution in [0.4, 0.5) is 11.6 Å². The Morgan fingerprint density at radius 3 is 3.17 bits per heavy atom. The summed E-state index contributed by atoms with van der Waals surface area (Å²) in [5, 5.41) is 6.36. The zero-order chi connectivity index (χ0) is 12.4. The maximum absolute atomic E-state index is 5.72. The number of benzene rings is 1. The first-order chi connectivity index (χ1) is 8.81. The monoisotopic (exact) mass is 259 g/mol. The summed E-state index contributed by atoms with van der Waals surface area (Å²) in [6.07, 6.45) is 2.72. The van der Waals surface area contributed by atoms with E-state index in [1.165, 1.54) is 0 Å². The number of aromatic nitrogens is 3. The molecular formula is C12H13N5S. The molecule has 2 aromatic heterocycles. The van der Waals surface area contributed by atoms with Gasteiger partial charge in [0.25, 0.3) is 0 Å². The Morgan fingerprint density at radius 1 is 1.39 bits per heavy atom. The van der Waals surface area contributed by atoms with Crippen molar-refractivity contribution in [3.05, 3.63) is 34.8 Å². The molecule has 0 aliphatic carbocycles. The third-order valence-corrected chi connectivity index (χ3v) is 3.46. The molecule has 0 atom stereocenters. The van der Waals surface area contributed by atoms with E-state index >= 15 is 0 Å². The van der Waals surface area contributed by atoms with Crippen LogP contribution in [0, 0.1) is 0 Å². The minimum atomic E-state index is 0.737. The molecule has 0 saturated heterocycles. The fourth-order valence-corrected chi connectivity index (χ4v) is 2.40. The zero-order valence-electron chi connectivity index (χ0n) is 9.68. The summed E-state index contributed by atoms with van der Waals surface area (Å²) >= 11 is 1.67. The van der Waals surface area contributed by atoms with E-state index in [2.05, 4.69) is 20.3 Å². The second-order valence-corrected chi connectivity index (χ2v) is 4.94. The number of aromatic amines is 1. The molecule has 18 heavy (non-hydrogen) atoms. The topological polar surface area (TPSA) is 79.6 Å². The van der Waals surface area contributed by atoms with Crippen molar-refractivity contribution >= 4 is 34.0 Å². The first kappa shape index (κ1) is 11.0. The van der Waals surface area contributed by atoms with Gasteiger partial charge < -0.3 is 16.0 Å². The van der Waals surface area contributed by atoms with Crippen LogP contribution in [0.3, 0.4) is 0 Å². The highest BCUT2D eigenvalue weighted by Gasteiger charge is 2.02. The molecular weight excluding hydrogens is 246 g/mol. The number of anilines is 2. The molecule has 0 aliphatic rings. The highest BCUT2D eigenvalue weighted by molar-refractivity contribution is 7.09. The average molecular weight is 259 g/mol. The predicted molar refractivity (Wildman–Crippen MR) is 74.8 cm³/mol. The van der Waals surface area contributed by atoms with E-state index in [9.17, 15) is 0 Å². The van der Waals surface area contributed by atoms with Crippen molar-refractivity contribution in [1.82, 2.24) is 15.0 Å². The van der Waals surface area contributed by atoms with Gasteiger partial charge in [0, 0.05) is 30.2 Å². The van der Waals surface area contributed by atoms with Crippen molar-refractivity contribution in [2.45, 2.75) is 6.42 Å². The molecule has 6 heteroatoms. The zero-order valence-corrected chi connectivity index (χ0v) is 10.5. The Balaban J connectivity index is 1.67. The van der Waals surface area contributed by atoms with E-state index in [-0.39, 0.29) is 0 Å². The van der Waals surface area contributed by atoms with Crippen molar-refractivity contribution in [2.24, 2.45) is 0 Å². The first-order valence-corrected chi connectivity index (χ1v) is 6.57.